The lowest BCUT2D eigenvalue weighted by Crippen LogP contribution is -1.90. The van der Waals surface area contributed by atoms with Gasteiger partial charge in [0.25, 0.3) is 5.89 Å². The number of hydrogen-bond acceptors (Lipinski definition) is 6. The first-order valence-electron chi connectivity index (χ1n) is 6.38. The van der Waals surface area contributed by atoms with Crippen molar-refractivity contribution in [1.82, 2.24) is 15.1 Å². The van der Waals surface area contributed by atoms with E-state index in [1.54, 1.807) is 25.4 Å². The summed E-state index contributed by atoms with van der Waals surface area (Å²) < 4.78 is 10.6. The quantitative estimate of drug-likeness (QED) is 0.794. The fourth-order valence-corrected chi connectivity index (χ4v) is 2.00. The Morgan fingerprint density at radius 3 is 2.76 bits per heavy atom. The van der Waals surface area contributed by atoms with Gasteiger partial charge in [0.2, 0.25) is 5.82 Å². The van der Waals surface area contributed by atoms with E-state index >= 15 is 0 Å². The van der Waals surface area contributed by atoms with Gasteiger partial charge in [0.15, 0.2) is 0 Å². The van der Waals surface area contributed by atoms with Crippen LogP contribution in [-0.2, 0) is 0 Å². The van der Waals surface area contributed by atoms with Gasteiger partial charge in [0, 0.05) is 17.3 Å². The number of methoxy groups -OCH3 is 1. The summed E-state index contributed by atoms with van der Waals surface area (Å²) in [5.41, 5.74) is 8.26. The minimum absolute atomic E-state index is 0.413. The van der Waals surface area contributed by atoms with Crippen LogP contribution in [0.25, 0.3) is 22.8 Å². The average Bonchev–Trinajstić information content (AvgIpc) is 2.97. The van der Waals surface area contributed by atoms with Crippen LogP contribution in [0, 0.1) is 6.92 Å². The van der Waals surface area contributed by atoms with E-state index < -0.39 is 0 Å². The molecule has 0 aliphatic carbocycles. The first-order valence-corrected chi connectivity index (χ1v) is 6.38. The monoisotopic (exact) mass is 282 g/mol. The smallest absolute Gasteiger partial charge is 0.258 e. The summed E-state index contributed by atoms with van der Waals surface area (Å²) in [6, 6.07) is 9.21. The summed E-state index contributed by atoms with van der Waals surface area (Å²) in [4.78, 5) is 8.32. The number of aromatic nitrogens is 3. The zero-order valence-electron chi connectivity index (χ0n) is 11.7. The van der Waals surface area contributed by atoms with Gasteiger partial charge in [-0.05, 0) is 36.8 Å². The Morgan fingerprint density at radius 1 is 1.14 bits per heavy atom. The zero-order valence-corrected chi connectivity index (χ0v) is 11.7. The second-order valence-corrected chi connectivity index (χ2v) is 4.58. The Hall–Kier alpha value is -2.89. The average molecular weight is 282 g/mol. The Morgan fingerprint density at radius 2 is 2.00 bits per heavy atom. The number of ether oxygens (including phenoxy) is 1. The molecule has 2 N–H and O–H groups in total. The summed E-state index contributed by atoms with van der Waals surface area (Å²) in [7, 11) is 1.63. The topological polar surface area (TPSA) is 87.1 Å². The van der Waals surface area contributed by atoms with Crippen molar-refractivity contribution in [2.45, 2.75) is 6.92 Å². The predicted molar refractivity (Wildman–Crippen MR) is 78.7 cm³/mol. The molecule has 0 saturated carbocycles. The Kier molecular flexibility index (Phi) is 3.27. The molecule has 6 nitrogen and oxygen atoms in total. The van der Waals surface area contributed by atoms with Gasteiger partial charge in [-0.3, -0.25) is 0 Å². The molecule has 0 bridgehead atoms. The van der Waals surface area contributed by atoms with Crippen LogP contribution in [0.4, 0.5) is 5.82 Å². The third kappa shape index (κ3) is 2.55. The summed E-state index contributed by atoms with van der Waals surface area (Å²) in [6.45, 7) is 1.97. The fraction of sp³-hybridized carbons (Fsp3) is 0.133. The van der Waals surface area contributed by atoms with E-state index in [1.807, 2.05) is 25.1 Å². The molecule has 21 heavy (non-hydrogen) atoms. The molecule has 6 heteroatoms. The number of anilines is 1. The first kappa shape index (κ1) is 13.1. The molecule has 0 fully saturated rings. The summed E-state index contributed by atoms with van der Waals surface area (Å²) in [5.74, 6) is 2.09. The van der Waals surface area contributed by atoms with Gasteiger partial charge >= 0.3 is 0 Å². The molecule has 0 saturated heterocycles. The zero-order chi connectivity index (χ0) is 14.8. The highest BCUT2D eigenvalue weighted by atomic mass is 16.5. The number of hydrogen-bond donors (Lipinski definition) is 1. The predicted octanol–water partition coefficient (Wildman–Crippen LogP) is 2.70. The third-order valence-electron chi connectivity index (χ3n) is 3.12. The summed E-state index contributed by atoms with van der Waals surface area (Å²) in [6.07, 6.45) is 1.61. The molecule has 0 amide bonds. The molecule has 3 aromatic rings. The SMILES string of the molecule is COc1cc(-c2nc(-c3ccnc(N)c3)no2)ccc1C. The van der Waals surface area contributed by atoms with Crippen LogP contribution < -0.4 is 10.5 Å². The van der Waals surface area contributed by atoms with Crippen LogP contribution in [0.15, 0.2) is 41.1 Å². The Labute approximate surface area is 121 Å². The first-order chi connectivity index (χ1) is 10.2. The highest BCUT2D eigenvalue weighted by Gasteiger charge is 2.12. The molecule has 1 aromatic carbocycles. The van der Waals surface area contributed by atoms with Crippen LogP contribution in [0.5, 0.6) is 5.75 Å². The number of rotatable bonds is 3. The normalized spacial score (nSPS) is 10.6. The van der Waals surface area contributed by atoms with Crippen LogP contribution in [0.1, 0.15) is 5.56 Å². The maximum atomic E-state index is 5.65. The van der Waals surface area contributed by atoms with Crippen LogP contribution >= 0.6 is 0 Å². The van der Waals surface area contributed by atoms with E-state index in [-0.39, 0.29) is 0 Å². The lowest BCUT2D eigenvalue weighted by atomic mass is 10.1. The maximum Gasteiger partial charge on any atom is 0.258 e. The molecule has 0 radical (unpaired) electrons. The van der Waals surface area contributed by atoms with Crippen LogP contribution in [0.2, 0.25) is 0 Å². The molecule has 0 aliphatic rings. The number of pyridine rings is 1. The van der Waals surface area contributed by atoms with Crippen molar-refractivity contribution >= 4 is 5.82 Å². The van der Waals surface area contributed by atoms with Crippen molar-refractivity contribution in [3.63, 3.8) is 0 Å². The van der Waals surface area contributed by atoms with E-state index in [2.05, 4.69) is 15.1 Å². The van der Waals surface area contributed by atoms with Crippen molar-refractivity contribution in [3.05, 3.63) is 42.1 Å². The van der Waals surface area contributed by atoms with E-state index in [4.69, 9.17) is 15.0 Å². The second-order valence-electron chi connectivity index (χ2n) is 4.58. The van der Waals surface area contributed by atoms with Crippen molar-refractivity contribution in [1.29, 1.82) is 0 Å². The molecule has 0 aliphatic heterocycles. The number of nitrogens with zero attached hydrogens (tertiary/aromatic N) is 3. The number of benzene rings is 1. The van der Waals surface area contributed by atoms with Crippen molar-refractivity contribution < 1.29 is 9.26 Å². The standard InChI is InChI=1S/C15H14N4O2/c1-9-3-4-11(7-12(9)20-2)15-18-14(19-21-15)10-5-6-17-13(16)8-10/h3-8H,1-2H3,(H2,16,17). The molecule has 2 heterocycles. The van der Waals surface area contributed by atoms with Crippen molar-refractivity contribution in [3.8, 4) is 28.6 Å². The number of nitrogen functional groups attached to an aromatic ring is 1. The van der Waals surface area contributed by atoms with Gasteiger partial charge in [-0.2, -0.15) is 4.98 Å². The van der Waals surface area contributed by atoms with E-state index in [0.717, 1.165) is 22.4 Å². The van der Waals surface area contributed by atoms with E-state index in [0.29, 0.717) is 17.5 Å². The van der Waals surface area contributed by atoms with Gasteiger partial charge in [-0.25, -0.2) is 4.98 Å². The molecular formula is C15H14N4O2. The second kappa shape index (κ2) is 5.24. The fourth-order valence-electron chi connectivity index (χ4n) is 2.00. The molecule has 3 rings (SSSR count). The molecule has 0 unspecified atom stereocenters. The van der Waals surface area contributed by atoms with Gasteiger partial charge in [0.05, 0.1) is 7.11 Å². The summed E-state index contributed by atoms with van der Waals surface area (Å²) >= 11 is 0. The Bertz CT molecular complexity index is 783. The lowest BCUT2D eigenvalue weighted by Gasteiger charge is -2.04. The molecule has 106 valence electrons. The van der Waals surface area contributed by atoms with Gasteiger partial charge < -0.3 is 15.0 Å². The van der Waals surface area contributed by atoms with Crippen LogP contribution in [-0.4, -0.2) is 22.2 Å². The highest BCUT2D eigenvalue weighted by Crippen LogP contribution is 2.27. The minimum Gasteiger partial charge on any atom is -0.496 e. The van der Waals surface area contributed by atoms with Crippen molar-refractivity contribution in [2.24, 2.45) is 0 Å². The van der Waals surface area contributed by atoms with Crippen molar-refractivity contribution in [2.75, 3.05) is 12.8 Å². The third-order valence-corrected chi connectivity index (χ3v) is 3.12. The largest absolute Gasteiger partial charge is 0.496 e. The number of nitrogens with two attached hydrogens (primary N) is 1. The molecule has 0 atom stereocenters. The Balaban J connectivity index is 1.98. The van der Waals surface area contributed by atoms with Crippen LogP contribution in [0.3, 0.4) is 0 Å². The summed E-state index contributed by atoms with van der Waals surface area (Å²) in [5, 5.41) is 3.97. The lowest BCUT2D eigenvalue weighted by molar-refractivity contribution is 0.410. The molecule has 0 spiro atoms. The molecular weight excluding hydrogens is 268 g/mol. The molecule has 2 aromatic heterocycles. The van der Waals surface area contributed by atoms with Gasteiger partial charge in [0.1, 0.15) is 11.6 Å². The van der Waals surface area contributed by atoms with E-state index in [9.17, 15) is 0 Å². The van der Waals surface area contributed by atoms with Gasteiger partial charge in [-0.15, -0.1) is 0 Å². The number of aryl methyl sites for hydroxylation is 1. The van der Waals surface area contributed by atoms with E-state index in [1.165, 1.54) is 0 Å². The minimum atomic E-state index is 0.413. The highest BCUT2D eigenvalue weighted by molar-refractivity contribution is 5.63. The maximum absolute atomic E-state index is 5.65. The van der Waals surface area contributed by atoms with Gasteiger partial charge in [-0.1, -0.05) is 11.2 Å².